The lowest BCUT2D eigenvalue weighted by Crippen LogP contribution is -2.55. The Morgan fingerprint density at radius 2 is 2.10 bits per heavy atom. The summed E-state index contributed by atoms with van der Waals surface area (Å²) in [6.07, 6.45) is 0. The highest BCUT2D eigenvalue weighted by molar-refractivity contribution is 7.13. The van der Waals surface area contributed by atoms with Crippen molar-refractivity contribution in [1.29, 1.82) is 0 Å². The number of ether oxygens (including phenoxy) is 1. The van der Waals surface area contributed by atoms with Gasteiger partial charge in [0.15, 0.2) is 5.13 Å². The Labute approximate surface area is 125 Å². The van der Waals surface area contributed by atoms with Crippen LogP contribution in [0.5, 0.6) is 0 Å². The Morgan fingerprint density at radius 1 is 1.40 bits per heavy atom. The van der Waals surface area contributed by atoms with Crippen LogP contribution >= 0.6 is 11.3 Å². The average Bonchev–Trinajstić information content (AvgIpc) is 2.89. The maximum absolute atomic E-state index is 5.02. The number of anilines is 1. The monoisotopic (exact) mass is 298 g/mol. The number of rotatable bonds is 6. The molecule has 1 aliphatic heterocycles. The van der Waals surface area contributed by atoms with E-state index >= 15 is 0 Å². The highest BCUT2D eigenvalue weighted by atomic mass is 32.1. The summed E-state index contributed by atoms with van der Waals surface area (Å²) < 4.78 is 5.02. The van der Waals surface area contributed by atoms with Gasteiger partial charge in [-0.25, -0.2) is 4.98 Å². The number of hydrogen-bond donors (Lipinski definition) is 1. The van der Waals surface area contributed by atoms with Gasteiger partial charge in [0.25, 0.3) is 0 Å². The van der Waals surface area contributed by atoms with Gasteiger partial charge in [-0.05, 0) is 20.9 Å². The second kappa shape index (κ2) is 7.36. The number of nitrogens with zero attached hydrogens (tertiary/aromatic N) is 3. The quantitative estimate of drug-likeness (QED) is 0.804. The summed E-state index contributed by atoms with van der Waals surface area (Å²) in [5, 5.41) is 6.64. The molecule has 0 spiro atoms. The molecular formula is C14H26N4OS. The van der Waals surface area contributed by atoms with Crippen molar-refractivity contribution < 1.29 is 4.74 Å². The van der Waals surface area contributed by atoms with Crippen molar-refractivity contribution in [2.45, 2.75) is 32.5 Å². The van der Waals surface area contributed by atoms with Crippen LogP contribution < -0.4 is 10.2 Å². The number of methoxy groups -OCH3 is 1. The Kier molecular flexibility index (Phi) is 5.77. The molecule has 1 aliphatic rings. The highest BCUT2D eigenvalue weighted by Gasteiger charge is 2.27. The predicted octanol–water partition coefficient (Wildman–Crippen LogP) is 1.41. The molecule has 0 amide bonds. The maximum Gasteiger partial charge on any atom is 0.185 e. The predicted molar refractivity (Wildman–Crippen MR) is 84.6 cm³/mol. The Bertz CT molecular complexity index is 400. The minimum absolute atomic E-state index is 0.575. The minimum atomic E-state index is 0.575. The second-order valence-corrected chi connectivity index (χ2v) is 6.40. The first-order valence-corrected chi connectivity index (χ1v) is 8.10. The molecule has 2 atom stereocenters. The second-order valence-electron chi connectivity index (χ2n) is 5.56. The van der Waals surface area contributed by atoms with Gasteiger partial charge in [-0.15, -0.1) is 11.3 Å². The lowest BCUT2D eigenvalue weighted by Gasteiger charge is -2.42. The Hall–Kier alpha value is -0.690. The van der Waals surface area contributed by atoms with E-state index in [2.05, 4.69) is 41.4 Å². The highest BCUT2D eigenvalue weighted by Crippen LogP contribution is 2.25. The van der Waals surface area contributed by atoms with Crippen molar-refractivity contribution in [3.63, 3.8) is 0 Å². The normalized spacial score (nSPS) is 24.3. The fraction of sp³-hybridized carbons (Fsp3) is 0.786. The summed E-state index contributed by atoms with van der Waals surface area (Å²) in [5.41, 5.74) is 1.13. The van der Waals surface area contributed by atoms with Crippen molar-refractivity contribution in [2.75, 3.05) is 45.3 Å². The molecule has 2 unspecified atom stereocenters. The number of nitrogens with one attached hydrogen (secondary N) is 1. The lowest BCUT2D eigenvalue weighted by molar-refractivity contribution is 0.170. The molecule has 5 nitrogen and oxygen atoms in total. The summed E-state index contributed by atoms with van der Waals surface area (Å²) in [5.74, 6) is 0. The third kappa shape index (κ3) is 3.91. The first kappa shape index (κ1) is 15.7. The largest absolute Gasteiger partial charge is 0.383 e. The first-order valence-electron chi connectivity index (χ1n) is 7.22. The zero-order chi connectivity index (χ0) is 14.5. The molecule has 0 aromatic carbocycles. The number of piperazine rings is 1. The van der Waals surface area contributed by atoms with Crippen molar-refractivity contribution in [3.05, 3.63) is 11.1 Å². The molecule has 0 saturated carbocycles. The maximum atomic E-state index is 5.02. The van der Waals surface area contributed by atoms with E-state index in [0.29, 0.717) is 12.1 Å². The molecule has 2 heterocycles. The van der Waals surface area contributed by atoms with Crippen molar-refractivity contribution in [3.8, 4) is 0 Å². The number of thiazole rings is 1. The third-order valence-electron chi connectivity index (χ3n) is 3.96. The van der Waals surface area contributed by atoms with E-state index in [0.717, 1.165) is 43.6 Å². The molecule has 1 aromatic rings. The molecule has 0 radical (unpaired) electrons. The van der Waals surface area contributed by atoms with Crippen LogP contribution in [0.3, 0.4) is 0 Å². The van der Waals surface area contributed by atoms with Gasteiger partial charge in [-0.3, -0.25) is 4.90 Å². The Balaban J connectivity index is 1.88. The van der Waals surface area contributed by atoms with Crippen LogP contribution in [0.1, 0.15) is 19.5 Å². The van der Waals surface area contributed by atoms with Gasteiger partial charge < -0.3 is 15.0 Å². The SMILES string of the molecule is COCCNCc1csc(N2CC(C)N(C)C(C)C2)n1. The van der Waals surface area contributed by atoms with Gasteiger partial charge in [0, 0.05) is 50.8 Å². The molecule has 1 fully saturated rings. The standard InChI is InChI=1S/C14H26N4OS/c1-11-8-18(9-12(2)17(11)3)14-16-13(10-20-14)7-15-5-6-19-4/h10-12,15H,5-9H2,1-4H3. The van der Waals surface area contributed by atoms with Crippen molar-refractivity contribution in [1.82, 2.24) is 15.2 Å². The van der Waals surface area contributed by atoms with E-state index in [4.69, 9.17) is 9.72 Å². The van der Waals surface area contributed by atoms with Crippen LogP contribution in [-0.2, 0) is 11.3 Å². The zero-order valence-corrected chi connectivity index (χ0v) is 13.7. The van der Waals surface area contributed by atoms with Crippen LogP contribution in [0, 0.1) is 0 Å². The first-order chi connectivity index (χ1) is 9.61. The number of aromatic nitrogens is 1. The topological polar surface area (TPSA) is 40.6 Å². The zero-order valence-electron chi connectivity index (χ0n) is 12.9. The van der Waals surface area contributed by atoms with Crippen LogP contribution in [0.15, 0.2) is 5.38 Å². The van der Waals surface area contributed by atoms with E-state index in [9.17, 15) is 0 Å². The molecular weight excluding hydrogens is 272 g/mol. The molecule has 1 N–H and O–H groups in total. The van der Waals surface area contributed by atoms with Crippen LogP contribution in [-0.4, -0.2) is 62.4 Å². The smallest absolute Gasteiger partial charge is 0.185 e. The minimum Gasteiger partial charge on any atom is -0.383 e. The molecule has 0 aliphatic carbocycles. The molecule has 1 saturated heterocycles. The van der Waals surface area contributed by atoms with E-state index < -0.39 is 0 Å². The van der Waals surface area contributed by atoms with Gasteiger partial charge in [-0.2, -0.15) is 0 Å². The van der Waals surface area contributed by atoms with Gasteiger partial charge >= 0.3 is 0 Å². The molecule has 6 heteroatoms. The van der Waals surface area contributed by atoms with E-state index in [1.54, 1.807) is 18.4 Å². The summed E-state index contributed by atoms with van der Waals surface area (Å²) in [4.78, 5) is 9.61. The van der Waals surface area contributed by atoms with Crippen molar-refractivity contribution >= 4 is 16.5 Å². The molecule has 2 rings (SSSR count). The molecule has 1 aromatic heterocycles. The lowest BCUT2D eigenvalue weighted by atomic mass is 10.1. The summed E-state index contributed by atoms with van der Waals surface area (Å²) in [7, 11) is 3.93. The van der Waals surface area contributed by atoms with Crippen LogP contribution in [0.2, 0.25) is 0 Å². The third-order valence-corrected chi connectivity index (χ3v) is 4.91. The van der Waals surface area contributed by atoms with Gasteiger partial charge in [-0.1, -0.05) is 0 Å². The van der Waals surface area contributed by atoms with Gasteiger partial charge in [0.2, 0.25) is 0 Å². The summed E-state index contributed by atoms with van der Waals surface area (Å²) in [6.45, 7) is 9.11. The number of hydrogen-bond acceptors (Lipinski definition) is 6. The summed E-state index contributed by atoms with van der Waals surface area (Å²) >= 11 is 1.75. The molecule has 0 bridgehead atoms. The van der Waals surface area contributed by atoms with Gasteiger partial charge in [0.1, 0.15) is 0 Å². The van der Waals surface area contributed by atoms with E-state index in [-0.39, 0.29) is 0 Å². The summed E-state index contributed by atoms with van der Waals surface area (Å²) in [6, 6.07) is 1.15. The number of likely N-dealkylation sites (N-methyl/N-ethyl adjacent to an activating group) is 1. The van der Waals surface area contributed by atoms with Gasteiger partial charge in [0.05, 0.1) is 12.3 Å². The average molecular weight is 298 g/mol. The van der Waals surface area contributed by atoms with Crippen molar-refractivity contribution in [2.24, 2.45) is 0 Å². The fourth-order valence-electron chi connectivity index (χ4n) is 2.47. The fourth-order valence-corrected chi connectivity index (χ4v) is 3.32. The van der Waals surface area contributed by atoms with Crippen LogP contribution in [0.4, 0.5) is 5.13 Å². The van der Waals surface area contributed by atoms with E-state index in [1.165, 1.54) is 0 Å². The molecule has 20 heavy (non-hydrogen) atoms. The van der Waals surface area contributed by atoms with Crippen LogP contribution in [0.25, 0.3) is 0 Å². The Morgan fingerprint density at radius 3 is 2.75 bits per heavy atom. The van der Waals surface area contributed by atoms with E-state index in [1.807, 2.05) is 0 Å². The molecule has 114 valence electrons.